The maximum absolute atomic E-state index is 13.1. The number of alkyl halides is 3. The number of likely N-dealkylation sites (N-methyl/N-ethyl adjacent to an activating group) is 1. The van der Waals surface area contributed by atoms with Crippen LogP contribution in [0, 0.1) is 6.92 Å². The van der Waals surface area contributed by atoms with E-state index in [0.717, 1.165) is 12.1 Å². The quantitative estimate of drug-likeness (QED) is 0.597. The number of aryl methyl sites for hydroxylation is 1. The van der Waals surface area contributed by atoms with Crippen LogP contribution < -0.4 is 15.0 Å². The highest BCUT2D eigenvalue weighted by molar-refractivity contribution is 6.05. The van der Waals surface area contributed by atoms with Crippen molar-refractivity contribution in [1.82, 2.24) is 9.97 Å². The molecule has 0 bridgehead atoms. The molecular formula is C23H23F3N4O2. The lowest BCUT2D eigenvalue weighted by Crippen LogP contribution is -2.50. The number of anilines is 2. The number of aromatic nitrogens is 2. The van der Waals surface area contributed by atoms with Crippen molar-refractivity contribution in [2.75, 3.05) is 17.3 Å². The second-order valence-corrected chi connectivity index (χ2v) is 8.42. The summed E-state index contributed by atoms with van der Waals surface area (Å²) in [5, 5.41) is 3.84. The molecule has 6 nitrogen and oxygen atoms in total. The van der Waals surface area contributed by atoms with Gasteiger partial charge in [0.1, 0.15) is 17.4 Å². The summed E-state index contributed by atoms with van der Waals surface area (Å²) in [7, 11) is 1.67. The highest BCUT2D eigenvalue weighted by atomic mass is 19.4. The van der Waals surface area contributed by atoms with Gasteiger partial charge in [-0.2, -0.15) is 13.2 Å². The summed E-state index contributed by atoms with van der Waals surface area (Å²) in [6, 6.07) is 8.24. The van der Waals surface area contributed by atoms with Crippen molar-refractivity contribution in [3.05, 3.63) is 53.3 Å². The Labute approximate surface area is 183 Å². The van der Waals surface area contributed by atoms with Gasteiger partial charge in [-0.25, -0.2) is 9.97 Å². The van der Waals surface area contributed by atoms with Crippen molar-refractivity contribution in [1.29, 1.82) is 0 Å². The highest BCUT2D eigenvalue weighted by Gasteiger charge is 2.39. The number of carbonyl (C=O) groups is 1. The second kappa shape index (κ2) is 7.36. The lowest BCUT2D eigenvalue weighted by atomic mass is 10.0. The number of nitrogens with one attached hydrogen (secondary N) is 1. The molecule has 1 aliphatic rings. The SMILES string of the molecule is Cc1nc(N[C@H](C)c2cccc(C(F)(F)F)c2)c2cc3c(cc2n1)OC(C)(C)C(=O)N3C. The zero-order chi connectivity index (χ0) is 23.4. The molecule has 3 aromatic rings. The number of ether oxygens (including phenoxy) is 1. The fraction of sp³-hybridized carbons (Fsp3) is 0.348. The Balaban J connectivity index is 1.76. The molecule has 168 valence electrons. The van der Waals surface area contributed by atoms with Crippen LogP contribution in [-0.4, -0.2) is 28.5 Å². The Morgan fingerprint density at radius 3 is 2.56 bits per heavy atom. The first-order valence-electron chi connectivity index (χ1n) is 10.1. The molecule has 0 aliphatic carbocycles. The van der Waals surface area contributed by atoms with E-state index in [2.05, 4.69) is 15.3 Å². The third-order valence-corrected chi connectivity index (χ3v) is 5.50. The average Bonchev–Trinajstić information content (AvgIpc) is 2.70. The minimum absolute atomic E-state index is 0.191. The van der Waals surface area contributed by atoms with E-state index in [0.29, 0.717) is 39.5 Å². The maximum Gasteiger partial charge on any atom is 0.416 e. The van der Waals surface area contributed by atoms with E-state index >= 15 is 0 Å². The van der Waals surface area contributed by atoms with E-state index < -0.39 is 23.4 Å². The van der Waals surface area contributed by atoms with Crippen LogP contribution in [0.2, 0.25) is 0 Å². The smallest absolute Gasteiger partial charge is 0.416 e. The summed E-state index contributed by atoms with van der Waals surface area (Å²) in [5.41, 5.74) is -0.0603. The van der Waals surface area contributed by atoms with Crippen molar-refractivity contribution >= 4 is 28.3 Å². The molecule has 1 aromatic heterocycles. The Morgan fingerprint density at radius 2 is 1.88 bits per heavy atom. The molecular weight excluding hydrogens is 421 g/mol. The molecule has 0 spiro atoms. The van der Waals surface area contributed by atoms with Crippen LogP contribution in [0.25, 0.3) is 10.9 Å². The van der Waals surface area contributed by atoms with E-state index in [1.807, 2.05) is 0 Å². The monoisotopic (exact) mass is 444 g/mol. The molecule has 0 saturated carbocycles. The van der Waals surface area contributed by atoms with Gasteiger partial charge in [-0.3, -0.25) is 4.79 Å². The van der Waals surface area contributed by atoms with Crippen molar-refractivity contribution in [3.8, 4) is 5.75 Å². The summed E-state index contributed by atoms with van der Waals surface area (Å²) in [6.45, 7) is 6.90. The third-order valence-electron chi connectivity index (χ3n) is 5.50. The van der Waals surface area contributed by atoms with Gasteiger partial charge >= 0.3 is 6.18 Å². The van der Waals surface area contributed by atoms with Gasteiger partial charge in [0.2, 0.25) is 0 Å². The van der Waals surface area contributed by atoms with Crippen LogP contribution in [0.1, 0.15) is 43.8 Å². The Morgan fingerprint density at radius 1 is 1.16 bits per heavy atom. The fourth-order valence-corrected chi connectivity index (χ4v) is 3.82. The number of hydrogen-bond donors (Lipinski definition) is 1. The Bertz CT molecular complexity index is 1220. The summed E-state index contributed by atoms with van der Waals surface area (Å²) >= 11 is 0. The number of halogens is 3. The second-order valence-electron chi connectivity index (χ2n) is 8.42. The van der Waals surface area contributed by atoms with E-state index in [1.165, 1.54) is 11.0 Å². The molecule has 1 atom stereocenters. The van der Waals surface area contributed by atoms with Crippen LogP contribution in [0.15, 0.2) is 36.4 Å². The number of hydrogen-bond acceptors (Lipinski definition) is 5. The maximum atomic E-state index is 13.1. The molecule has 32 heavy (non-hydrogen) atoms. The molecule has 1 aliphatic heterocycles. The zero-order valence-corrected chi connectivity index (χ0v) is 18.3. The van der Waals surface area contributed by atoms with Crippen molar-refractivity contribution in [2.24, 2.45) is 0 Å². The minimum atomic E-state index is -4.42. The highest BCUT2D eigenvalue weighted by Crippen LogP contribution is 2.41. The van der Waals surface area contributed by atoms with E-state index in [4.69, 9.17) is 4.74 Å². The first-order chi connectivity index (χ1) is 14.9. The van der Waals surface area contributed by atoms with Crippen molar-refractivity contribution < 1.29 is 22.7 Å². The van der Waals surface area contributed by atoms with Gasteiger partial charge in [0.25, 0.3) is 5.91 Å². The number of nitrogens with zero attached hydrogens (tertiary/aromatic N) is 3. The molecule has 9 heteroatoms. The van der Waals surface area contributed by atoms with Gasteiger partial charge < -0.3 is 15.0 Å². The van der Waals surface area contributed by atoms with Crippen molar-refractivity contribution in [2.45, 2.75) is 45.5 Å². The fourth-order valence-electron chi connectivity index (χ4n) is 3.82. The molecule has 4 rings (SSSR count). The number of carbonyl (C=O) groups excluding carboxylic acids is 1. The lowest BCUT2D eigenvalue weighted by molar-refractivity contribution is -0.137. The van der Waals surface area contributed by atoms with Gasteiger partial charge in [-0.1, -0.05) is 12.1 Å². The van der Waals surface area contributed by atoms with E-state index in [9.17, 15) is 18.0 Å². The topological polar surface area (TPSA) is 67.4 Å². The van der Waals surface area contributed by atoms with Gasteiger partial charge in [-0.15, -0.1) is 0 Å². The van der Waals surface area contributed by atoms with Crippen LogP contribution in [0.3, 0.4) is 0 Å². The Hall–Kier alpha value is -3.36. The summed E-state index contributed by atoms with van der Waals surface area (Å²) in [6.07, 6.45) is -4.42. The largest absolute Gasteiger partial charge is 0.476 e. The molecule has 0 fully saturated rings. The summed E-state index contributed by atoms with van der Waals surface area (Å²) in [4.78, 5) is 23.1. The first-order valence-corrected chi connectivity index (χ1v) is 10.1. The third kappa shape index (κ3) is 3.83. The summed E-state index contributed by atoms with van der Waals surface area (Å²) in [5.74, 6) is 1.30. The average molecular weight is 444 g/mol. The number of benzene rings is 2. The van der Waals surface area contributed by atoms with Crippen LogP contribution in [0.4, 0.5) is 24.7 Å². The van der Waals surface area contributed by atoms with E-state index in [1.54, 1.807) is 52.9 Å². The van der Waals surface area contributed by atoms with Crippen LogP contribution in [0.5, 0.6) is 5.75 Å². The zero-order valence-electron chi connectivity index (χ0n) is 18.3. The van der Waals surface area contributed by atoms with Crippen LogP contribution >= 0.6 is 0 Å². The molecule has 0 unspecified atom stereocenters. The molecule has 0 saturated heterocycles. The number of fused-ring (bicyclic) bond motifs is 2. The Kier molecular flexibility index (Phi) is 5.02. The normalized spacial score (nSPS) is 16.5. The standard InChI is InChI=1S/C23H23F3N4O2/c1-12(14-7-6-8-15(9-14)23(24,25)26)27-20-16-10-18-19(11-17(16)28-13(2)29-20)32-22(3,4)21(31)30(18)5/h6-12H,1-5H3,(H,27,28,29)/t12-/m1/s1. The molecule has 2 aromatic carbocycles. The number of amides is 1. The summed E-state index contributed by atoms with van der Waals surface area (Å²) < 4.78 is 45.3. The minimum Gasteiger partial charge on any atom is -0.476 e. The molecule has 1 amide bonds. The van der Waals surface area contributed by atoms with Gasteiger partial charge in [0, 0.05) is 24.5 Å². The van der Waals surface area contributed by atoms with Gasteiger partial charge in [0.05, 0.1) is 16.8 Å². The predicted octanol–water partition coefficient (Wildman–Crippen LogP) is 5.26. The van der Waals surface area contributed by atoms with E-state index in [-0.39, 0.29) is 5.91 Å². The number of rotatable bonds is 3. The first kappa shape index (κ1) is 21.9. The predicted molar refractivity (Wildman–Crippen MR) is 116 cm³/mol. The molecule has 0 radical (unpaired) electrons. The lowest BCUT2D eigenvalue weighted by Gasteiger charge is -2.37. The van der Waals surface area contributed by atoms with Gasteiger partial charge in [0.15, 0.2) is 5.60 Å². The molecule has 1 N–H and O–H groups in total. The van der Waals surface area contributed by atoms with Gasteiger partial charge in [-0.05, 0) is 51.5 Å². The van der Waals surface area contributed by atoms with Crippen molar-refractivity contribution in [3.63, 3.8) is 0 Å². The van der Waals surface area contributed by atoms with Crippen LogP contribution in [-0.2, 0) is 11.0 Å². The molecule has 2 heterocycles.